The van der Waals surface area contributed by atoms with E-state index in [0.717, 1.165) is 12.0 Å². The molecule has 0 fully saturated rings. The molecule has 7 nitrogen and oxygen atoms in total. The van der Waals surface area contributed by atoms with Crippen molar-refractivity contribution < 1.29 is 23.8 Å². The third kappa shape index (κ3) is 4.62. The number of para-hydroxylation sites is 1. The summed E-state index contributed by atoms with van der Waals surface area (Å²) in [6, 6.07) is 10.4. The number of carbonyl (C=O) groups is 2. The monoisotopic (exact) mass is 390 g/mol. The Labute approximate surface area is 161 Å². The second-order valence-electron chi connectivity index (χ2n) is 5.73. The number of fused-ring (bicyclic) bond motifs is 1. The molecule has 0 aromatic heterocycles. The Bertz CT molecular complexity index is 856. The first-order valence-corrected chi connectivity index (χ1v) is 8.85. The SMILES string of the molecule is CCc1ccccc1OCC(=O)NNC(=O)c1cc(Cl)c2c(c1)OCCO2. The first kappa shape index (κ1) is 18.8. The van der Waals surface area contributed by atoms with Crippen LogP contribution in [0.25, 0.3) is 0 Å². The Morgan fingerprint density at radius 1 is 1.15 bits per heavy atom. The molecule has 2 N–H and O–H groups in total. The minimum absolute atomic E-state index is 0.223. The summed E-state index contributed by atoms with van der Waals surface area (Å²) < 4.78 is 16.3. The molecule has 142 valence electrons. The molecule has 3 rings (SSSR count). The first-order chi connectivity index (χ1) is 13.1. The van der Waals surface area contributed by atoms with Crippen molar-refractivity contribution in [2.75, 3.05) is 19.8 Å². The average molecular weight is 391 g/mol. The lowest BCUT2D eigenvalue weighted by Gasteiger charge is -2.20. The van der Waals surface area contributed by atoms with Crippen molar-refractivity contribution in [3.8, 4) is 17.2 Å². The molecule has 27 heavy (non-hydrogen) atoms. The van der Waals surface area contributed by atoms with E-state index in [-0.39, 0.29) is 17.2 Å². The lowest BCUT2D eigenvalue weighted by atomic mass is 10.1. The molecule has 2 amide bonds. The second kappa shape index (κ2) is 8.64. The van der Waals surface area contributed by atoms with Gasteiger partial charge >= 0.3 is 0 Å². The van der Waals surface area contributed by atoms with E-state index in [2.05, 4.69) is 10.9 Å². The number of rotatable bonds is 5. The van der Waals surface area contributed by atoms with Gasteiger partial charge in [-0.3, -0.25) is 20.4 Å². The Hall–Kier alpha value is -2.93. The molecule has 1 aliphatic rings. The van der Waals surface area contributed by atoms with Gasteiger partial charge < -0.3 is 14.2 Å². The van der Waals surface area contributed by atoms with Crippen LogP contribution in [0.2, 0.25) is 5.02 Å². The fraction of sp³-hybridized carbons (Fsp3) is 0.263. The van der Waals surface area contributed by atoms with Gasteiger partial charge in [0.05, 0.1) is 5.02 Å². The molecule has 0 saturated heterocycles. The predicted octanol–water partition coefficient (Wildman–Crippen LogP) is 2.51. The van der Waals surface area contributed by atoms with Gasteiger partial charge in [-0.15, -0.1) is 0 Å². The van der Waals surface area contributed by atoms with Gasteiger partial charge in [0.15, 0.2) is 18.1 Å². The van der Waals surface area contributed by atoms with Crippen molar-refractivity contribution in [3.63, 3.8) is 0 Å². The standard InChI is InChI=1S/C19H19ClN2O5/c1-2-12-5-3-4-6-15(12)27-11-17(23)21-22-19(24)13-9-14(20)18-16(10-13)25-7-8-26-18/h3-6,9-10H,2,7-8,11H2,1H3,(H,21,23)(H,22,24). The predicted molar refractivity (Wildman–Crippen MR) is 99.4 cm³/mol. The molecule has 8 heteroatoms. The average Bonchev–Trinajstić information content (AvgIpc) is 2.70. The maximum absolute atomic E-state index is 12.2. The number of amides is 2. The van der Waals surface area contributed by atoms with E-state index in [1.807, 2.05) is 25.1 Å². The van der Waals surface area contributed by atoms with Crippen molar-refractivity contribution in [2.24, 2.45) is 0 Å². The summed E-state index contributed by atoms with van der Waals surface area (Å²) in [5.41, 5.74) is 5.87. The van der Waals surface area contributed by atoms with Crippen LogP contribution in [0.5, 0.6) is 17.2 Å². The summed E-state index contributed by atoms with van der Waals surface area (Å²) >= 11 is 6.11. The highest BCUT2D eigenvalue weighted by Gasteiger charge is 2.19. The highest BCUT2D eigenvalue weighted by Crippen LogP contribution is 2.38. The summed E-state index contributed by atoms with van der Waals surface area (Å²) in [6.07, 6.45) is 0.791. The maximum Gasteiger partial charge on any atom is 0.276 e. The van der Waals surface area contributed by atoms with Gasteiger partial charge in [-0.05, 0) is 30.2 Å². The van der Waals surface area contributed by atoms with Crippen LogP contribution in [-0.4, -0.2) is 31.6 Å². The number of aryl methyl sites for hydroxylation is 1. The van der Waals surface area contributed by atoms with E-state index in [0.29, 0.717) is 30.5 Å². The second-order valence-corrected chi connectivity index (χ2v) is 6.14. The van der Waals surface area contributed by atoms with Gasteiger partial charge in [0.25, 0.3) is 11.8 Å². The Kier molecular flexibility index (Phi) is 6.03. The van der Waals surface area contributed by atoms with Gasteiger partial charge in [-0.2, -0.15) is 0 Å². The number of halogens is 1. The number of ether oxygens (including phenoxy) is 3. The first-order valence-electron chi connectivity index (χ1n) is 8.47. The van der Waals surface area contributed by atoms with Crippen molar-refractivity contribution in [1.82, 2.24) is 10.9 Å². The quantitative estimate of drug-likeness (QED) is 0.766. The third-order valence-electron chi connectivity index (χ3n) is 3.89. The van der Waals surface area contributed by atoms with Crippen molar-refractivity contribution in [1.29, 1.82) is 0 Å². The molecular formula is C19H19ClN2O5. The van der Waals surface area contributed by atoms with E-state index in [4.69, 9.17) is 25.8 Å². The zero-order chi connectivity index (χ0) is 19.2. The summed E-state index contributed by atoms with van der Waals surface area (Å²) in [4.78, 5) is 24.2. The number of hydrazine groups is 1. The van der Waals surface area contributed by atoms with Gasteiger partial charge in [-0.25, -0.2) is 0 Å². The van der Waals surface area contributed by atoms with E-state index >= 15 is 0 Å². The summed E-state index contributed by atoms with van der Waals surface area (Å²) in [5, 5.41) is 0.267. The highest BCUT2D eigenvalue weighted by atomic mass is 35.5. The number of hydrogen-bond acceptors (Lipinski definition) is 5. The minimum atomic E-state index is -0.531. The molecule has 0 atom stereocenters. The van der Waals surface area contributed by atoms with Crippen LogP contribution >= 0.6 is 11.6 Å². The molecule has 0 aliphatic carbocycles. The largest absolute Gasteiger partial charge is 0.486 e. The van der Waals surface area contributed by atoms with Crippen molar-refractivity contribution >= 4 is 23.4 Å². The van der Waals surface area contributed by atoms with Crippen LogP contribution in [0.15, 0.2) is 36.4 Å². The zero-order valence-electron chi connectivity index (χ0n) is 14.7. The number of nitrogens with one attached hydrogen (secondary N) is 2. The number of benzene rings is 2. The van der Waals surface area contributed by atoms with Crippen LogP contribution < -0.4 is 25.1 Å². The fourth-order valence-electron chi connectivity index (χ4n) is 2.56. The zero-order valence-corrected chi connectivity index (χ0v) is 15.5. The Balaban J connectivity index is 1.54. The van der Waals surface area contributed by atoms with Crippen LogP contribution in [0.3, 0.4) is 0 Å². The van der Waals surface area contributed by atoms with Crippen LogP contribution in [0.4, 0.5) is 0 Å². The molecule has 1 aliphatic heterocycles. The topological polar surface area (TPSA) is 85.9 Å². The third-order valence-corrected chi connectivity index (χ3v) is 4.17. The molecular weight excluding hydrogens is 372 g/mol. The molecule has 2 aromatic carbocycles. The molecule has 0 radical (unpaired) electrons. The summed E-state index contributed by atoms with van der Waals surface area (Å²) in [7, 11) is 0. The molecule has 0 saturated carbocycles. The van der Waals surface area contributed by atoms with E-state index in [1.54, 1.807) is 6.07 Å². The van der Waals surface area contributed by atoms with Crippen LogP contribution in [0, 0.1) is 0 Å². The highest BCUT2D eigenvalue weighted by molar-refractivity contribution is 6.32. The van der Waals surface area contributed by atoms with Crippen molar-refractivity contribution in [3.05, 3.63) is 52.5 Å². The van der Waals surface area contributed by atoms with E-state index < -0.39 is 11.8 Å². The van der Waals surface area contributed by atoms with Crippen LogP contribution in [0.1, 0.15) is 22.8 Å². The minimum Gasteiger partial charge on any atom is -0.486 e. The summed E-state index contributed by atoms with van der Waals surface area (Å²) in [5.74, 6) is 0.422. The lowest BCUT2D eigenvalue weighted by Crippen LogP contribution is -2.43. The van der Waals surface area contributed by atoms with Crippen molar-refractivity contribution in [2.45, 2.75) is 13.3 Å². The lowest BCUT2D eigenvalue weighted by molar-refractivity contribution is -0.123. The molecule has 0 bridgehead atoms. The molecule has 0 unspecified atom stereocenters. The maximum atomic E-state index is 12.2. The van der Waals surface area contributed by atoms with E-state index in [1.165, 1.54) is 12.1 Å². The summed E-state index contributed by atoms with van der Waals surface area (Å²) in [6.45, 7) is 2.55. The van der Waals surface area contributed by atoms with Gasteiger partial charge in [0.2, 0.25) is 0 Å². The number of carbonyl (C=O) groups excluding carboxylic acids is 2. The van der Waals surface area contributed by atoms with Gasteiger partial charge in [-0.1, -0.05) is 36.7 Å². The molecule has 0 spiro atoms. The van der Waals surface area contributed by atoms with Crippen LogP contribution in [-0.2, 0) is 11.2 Å². The Morgan fingerprint density at radius 3 is 2.74 bits per heavy atom. The van der Waals surface area contributed by atoms with Gasteiger partial charge in [0.1, 0.15) is 19.0 Å². The van der Waals surface area contributed by atoms with Gasteiger partial charge in [0, 0.05) is 5.56 Å². The fourth-order valence-corrected chi connectivity index (χ4v) is 2.82. The van der Waals surface area contributed by atoms with E-state index in [9.17, 15) is 9.59 Å². The number of hydrogen-bond donors (Lipinski definition) is 2. The normalized spacial score (nSPS) is 12.2. The molecule has 2 aromatic rings. The Morgan fingerprint density at radius 2 is 1.93 bits per heavy atom. The molecule has 1 heterocycles. The smallest absolute Gasteiger partial charge is 0.276 e.